The Morgan fingerprint density at radius 1 is 1.59 bits per heavy atom. The van der Waals surface area contributed by atoms with Gasteiger partial charge in [0.15, 0.2) is 0 Å². The zero-order chi connectivity index (χ0) is 12.4. The number of nitrogens with two attached hydrogens (primary N) is 1. The molecule has 0 spiro atoms. The van der Waals surface area contributed by atoms with Gasteiger partial charge in [-0.2, -0.15) is 5.10 Å². The van der Waals surface area contributed by atoms with Crippen LogP contribution in [0.4, 0.5) is 5.69 Å². The minimum Gasteiger partial charge on any atom is -0.481 e. The lowest BCUT2D eigenvalue weighted by Crippen LogP contribution is -2.19. The van der Waals surface area contributed by atoms with Gasteiger partial charge >= 0.3 is 5.97 Å². The molecule has 2 aromatic rings. The van der Waals surface area contributed by atoms with Crippen molar-refractivity contribution in [3.8, 4) is 0 Å². The fourth-order valence-corrected chi connectivity index (χ4v) is 1.80. The lowest BCUT2D eigenvalue weighted by Gasteiger charge is -2.08. The fourth-order valence-electron chi connectivity index (χ4n) is 1.80. The summed E-state index contributed by atoms with van der Waals surface area (Å²) in [5, 5.41) is 14.2. The molecule has 1 atom stereocenters. The highest BCUT2D eigenvalue weighted by molar-refractivity contribution is 5.81. The molecule has 0 fully saturated rings. The minimum atomic E-state index is -0.786. The zero-order valence-corrected chi connectivity index (χ0v) is 9.63. The monoisotopic (exact) mass is 233 g/mol. The molecular weight excluding hydrogens is 218 g/mol. The summed E-state index contributed by atoms with van der Waals surface area (Å²) in [7, 11) is 0. The van der Waals surface area contributed by atoms with E-state index in [-0.39, 0.29) is 0 Å². The summed E-state index contributed by atoms with van der Waals surface area (Å²) in [6.07, 6.45) is 2.42. The van der Waals surface area contributed by atoms with E-state index in [2.05, 4.69) is 5.10 Å². The molecule has 1 aromatic carbocycles. The highest BCUT2D eigenvalue weighted by atomic mass is 16.4. The number of carboxylic acids is 1. The van der Waals surface area contributed by atoms with Crippen molar-refractivity contribution in [2.75, 3.05) is 5.73 Å². The molecular formula is C12H15N3O2. The van der Waals surface area contributed by atoms with E-state index in [4.69, 9.17) is 10.8 Å². The van der Waals surface area contributed by atoms with E-state index in [9.17, 15) is 4.79 Å². The van der Waals surface area contributed by atoms with Crippen molar-refractivity contribution in [2.24, 2.45) is 5.92 Å². The molecule has 1 aromatic heterocycles. The number of aromatic nitrogens is 2. The number of carbonyl (C=O) groups is 1. The van der Waals surface area contributed by atoms with Gasteiger partial charge in [-0.25, -0.2) is 0 Å². The predicted octanol–water partition coefficient (Wildman–Crippen LogP) is 1.73. The van der Waals surface area contributed by atoms with E-state index in [1.165, 1.54) is 0 Å². The fraction of sp³-hybridized carbons (Fsp3) is 0.333. The van der Waals surface area contributed by atoms with Crippen LogP contribution in [0, 0.1) is 5.92 Å². The summed E-state index contributed by atoms with van der Waals surface area (Å²) in [4.78, 5) is 10.9. The minimum absolute atomic E-state index is 0.389. The normalized spacial score (nSPS) is 12.8. The first-order chi connectivity index (χ1) is 8.10. The van der Waals surface area contributed by atoms with Crippen LogP contribution in [-0.2, 0) is 11.3 Å². The highest BCUT2D eigenvalue weighted by Crippen LogP contribution is 2.17. The molecule has 2 rings (SSSR count). The Morgan fingerprint density at radius 3 is 3.00 bits per heavy atom. The van der Waals surface area contributed by atoms with Crippen LogP contribution >= 0.6 is 0 Å². The quantitative estimate of drug-likeness (QED) is 0.788. The summed E-state index contributed by atoms with van der Waals surface area (Å²) in [5.41, 5.74) is 7.19. The Hall–Kier alpha value is -2.04. The predicted molar refractivity (Wildman–Crippen MR) is 65.6 cm³/mol. The number of hydrogen-bond donors (Lipinski definition) is 2. The highest BCUT2D eigenvalue weighted by Gasteiger charge is 2.16. The van der Waals surface area contributed by atoms with E-state index in [0.717, 1.165) is 10.9 Å². The molecule has 5 heteroatoms. The number of benzene rings is 1. The van der Waals surface area contributed by atoms with Gasteiger partial charge in [0, 0.05) is 17.3 Å². The molecule has 3 N–H and O–H groups in total. The van der Waals surface area contributed by atoms with Crippen molar-refractivity contribution in [1.82, 2.24) is 9.78 Å². The summed E-state index contributed by atoms with van der Waals surface area (Å²) >= 11 is 0. The van der Waals surface area contributed by atoms with E-state index in [0.29, 0.717) is 18.7 Å². The second-order valence-corrected chi connectivity index (χ2v) is 4.11. The Balaban J connectivity index is 2.27. The van der Waals surface area contributed by atoms with Crippen LogP contribution in [0.3, 0.4) is 0 Å². The second kappa shape index (κ2) is 4.45. The van der Waals surface area contributed by atoms with Gasteiger partial charge in [-0.15, -0.1) is 0 Å². The van der Waals surface area contributed by atoms with Crippen LogP contribution in [0.15, 0.2) is 24.4 Å². The summed E-state index contributed by atoms with van der Waals surface area (Å²) < 4.78 is 1.67. The molecule has 0 aliphatic heterocycles. The average molecular weight is 233 g/mol. The molecule has 0 aliphatic rings. The number of anilines is 1. The third kappa shape index (κ3) is 2.38. The van der Waals surface area contributed by atoms with Gasteiger partial charge < -0.3 is 10.8 Å². The van der Waals surface area contributed by atoms with Crippen LogP contribution in [0.1, 0.15) is 13.3 Å². The maximum absolute atomic E-state index is 10.9. The summed E-state index contributed by atoms with van der Waals surface area (Å²) in [5.74, 6) is -1.19. The van der Waals surface area contributed by atoms with Crippen LogP contribution < -0.4 is 5.73 Å². The molecule has 0 saturated heterocycles. The van der Waals surface area contributed by atoms with Crippen molar-refractivity contribution in [1.29, 1.82) is 0 Å². The third-order valence-electron chi connectivity index (χ3n) is 2.83. The molecule has 0 aliphatic carbocycles. The van der Waals surface area contributed by atoms with Gasteiger partial charge in [-0.05, 0) is 24.6 Å². The molecule has 5 nitrogen and oxygen atoms in total. The standard InChI is InChI=1S/C12H15N3O2/c1-2-8(12(16)17)6-15-7-9-5-10(13)3-4-11(9)14-15/h3-5,7-8H,2,6,13H2,1H3,(H,16,17). The van der Waals surface area contributed by atoms with Crippen LogP contribution in [0.5, 0.6) is 0 Å². The zero-order valence-electron chi connectivity index (χ0n) is 9.63. The van der Waals surface area contributed by atoms with Crippen molar-refractivity contribution in [2.45, 2.75) is 19.9 Å². The summed E-state index contributed by atoms with van der Waals surface area (Å²) in [6, 6.07) is 5.46. The Kier molecular flexibility index (Phi) is 2.99. The number of nitrogen functional groups attached to an aromatic ring is 1. The molecule has 1 unspecified atom stereocenters. The van der Waals surface area contributed by atoms with E-state index in [1.54, 1.807) is 10.7 Å². The smallest absolute Gasteiger partial charge is 0.308 e. The second-order valence-electron chi connectivity index (χ2n) is 4.11. The number of rotatable bonds is 4. The maximum Gasteiger partial charge on any atom is 0.308 e. The van der Waals surface area contributed by atoms with Crippen molar-refractivity contribution in [3.63, 3.8) is 0 Å². The largest absolute Gasteiger partial charge is 0.481 e. The van der Waals surface area contributed by atoms with Gasteiger partial charge in [0.25, 0.3) is 0 Å². The van der Waals surface area contributed by atoms with Crippen LogP contribution in [0.25, 0.3) is 10.9 Å². The van der Waals surface area contributed by atoms with Crippen molar-refractivity contribution >= 4 is 22.6 Å². The number of hydrogen-bond acceptors (Lipinski definition) is 3. The Morgan fingerprint density at radius 2 is 2.35 bits per heavy atom. The van der Waals surface area contributed by atoms with Gasteiger partial charge in [0.05, 0.1) is 18.0 Å². The lowest BCUT2D eigenvalue weighted by molar-refractivity contribution is -0.142. The SMILES string of the molecule is CCC(Cn1cc2cc(N)ccc2n1)C(=O)O. The van der Waals surface area contributed by atoms with Gasteiger partial charge in [-0.3, -0.25) is 9.48 Å². The van der Waals surface area contributed by atoms with E-state index in [1.807, 2.05) is 25.3 Å². The topological polar surface area (TPSA) is 81.1 Å². The lowest BCUT2D eigenvalue weighted by atomic mass is 10.1. The third-order valence-corrected chi connectivity index (χ3v) is 2.83. The number of fused-ring (bicyclic) bond motifs is 1. The molecule has 0 saturated carbocycles. The molecule has 0 radical (unpaired) electrons. The molecule has 17 heavy (non-hydrogen) atoms. The Bertz CT molecular complexity index is 548. The number of carboxylic acid groups (broad SMARTS) is 1. The number of nitrogens with zero attached hydrogens (tertiary/aromatic N) is 2. The first-order valence-corrected chi connectivity index (χ1v) is 5.55. The van der Waals surface area contributed by atoms with Crippen molar-refractivity contribution in [3.05, 3.63) is 24.4 Å². The molecule has 0 amide bonds. The number of aliphatic carboxylic acids is 1. The summed E-state index contributed by atoms with van der Waals surface area (Å²) in [6.45, 7) is 2.25. The van der Waals surface area contributed by atoms with Crippen LogP contribution in [0.2, 0.25) is 0 Å². The molecule has 1 heterocycles. The van der Waals surface area contributed by atoms with E-state index < -0.39 is 11.9 Å². The molecule has 0 bridgehead atoms. The van der Waals surface area contributed by atoms with Crippen LogP contribution in [-0.4, -0.2) is 20.9 Å². The van der Waals surface area contributed by atoms with Gasteiger partial charge in [-0.1, -0.05) is 6.92 Å². The van der Waals surface area contributed by atoms with Gasteiger partial charge in [0.1, 0.15) is 0 Å². The first kappa shape index (κ1) is 11.4. The van der Waals surface area contributed by atoms with Crippen molar-refractivity contribution < 1.29 is 9.90 Å². The maximum atomic E-state index is 10.9. The average Bonchev–Trinajstić information content (AvgIpc) is 2.66. The first-order valence-electron chi connectivity index (χ1n) is 5.55. The Labute approximate surface area is 98.8 Å². The molecule has 90 valence electrons. The van der Waals surface area contributed by atoms with E-state index >= 15 is 0 Å². The van der Waals surface area contributed by atoms with Gasteiger partial charge in [0.2, 0.25) is 0 Å².